The van der Waals surface area contributed by atoms with Gasteiger partial charge in [-0.05, 0) is 56.3 Å². The van der Waals surface area contributed by atoms with Gasteiger partial charge < -0.3 is 4.90 Å². The van der Waals surface area contributed by atoms with Crippen LogP contribution in [0.5, 0.6) is 0 Å². The van der Waals surface area contributed by atoms with Crippen LogP contribution in [0.25, 0.3) is 0 Å². The van der Waals surface area contributed by atoms with Crippen molar-refractivity contribution in [2.45, 2.75) is 44.1 Å². The maximum absolute atomic E-state index is 10.9. The van der Waals surface area contributed by atoms with E-state index in [0.717, 1.165) is 24.2 Å². The van der Waals surface area contributed by atoms with Crippen molar-refractivity contribution in [2.24, 2.45) is 17.8 Å². The third-order valence-electron chi connectivity index (χ3n) is 4.91. The molecule has 0 unspecified atom stereocenters. The summed E-state index contributed by atoms with van der Waals surface area (Å²) in [5, 5.41) is 0. The molecular formula is C12H19NO. The lowest BCUT2D eigenvalue weighted by atomic mass is 9.52. The normalized spacial score (nSPS) is 49.4. The van der Waals surface area contributed by atoms with Crippen molar-refractivity contribution in [3.8, 4) is 0 Å². The summed E-state index contributed by atoms with van der Waals surface area (Å²) in [7, 11) is 1.99. The molecule has 78 valence electrons. The number of hydrogen-bond acceptors (Lipinski definition) is 1. The Morgan fingerprint density at radius 2 is 1.50 bits per heavy atom. The number of amides is 1. The predicted molar refractivity (Wildman–Crippen MR) is 54.7 cm³/mol. The Labute approximate surface area is 85.7 Å². The second-order valence-electron chi connectivity index (χ2n) is 5.86. The quantitative estimate of drug-likeness (QED) is 0.615. The molecule has 4 bridgehead atoms. The van der Waals surface area contributed by atoms with E-state index in [1.807, 2.05) is 11.9 Å². The van der Waals surface area contributed by atoms with Gasteiger partial charge in [0, 0.05) is 12.6 Å². The molecular weight excluding hydrogens is 174 g/mol. The van der Waals surface area contributed by atoms with Crippen molar-refractivity contribution in [3.63, 3.8) is 0 Å². The Morgan fingerprint density at radius 1 is 1.07 bits per heavy atom. The fourth-order valence-electron chi connectivity index (χ4n) is 4.61. The Hall–Kier alpha value is -0.530. The predicted octanol–water partition coefficient (Wildman–Crippen LogP) is 2.04. The van der Waals surface area contributed by atoms with Gasteiger partial charge in [0.25, 0.3) is 0 Å². The average Bonchev–Trinajstić information content (AvgIpc) is 2.14. The zero-order valence-electron chi connectivity index (χ0n) is 8.91. The Bertz CT molecular complexity index is 226. The van der Waals surface area contributed by atoms with Crippen LogP contribution in [0, 0.1) is 17.8 Å². The first-order chi connectivity index (χ1) is 6.72. The number of carbonyl (C=O) groups excluding carboxylic acids is 1. The van der Waals surface area contributed by atoms with Crippen LogP contribution in [0.2, 0.25) is 0 Å². The molecule has 0 aromatic carbocycles. The van der Waals surface area contributed by atoms with Gasteiger partial charge in [-0.2, -0.15) is 0 Å². The zero-order chi connectivity index (χ0) is 9.76. The monoisotopic (exact) mass is 193 g/mol. The molecule has 2 nitrogen and oxygen atoms in total. The highest BCUT2D eigenvalue weighted by Gasteiger charge is 2.52. The molecule has 0 aromatic rings. The number of nitrogens with zero attached hydrogens (tertiary/aromatic N) is 1. The van der Waals surface area contributed by atoms with Crippen LogP contribution < -0.4 is 0 Å². The second kappa shape index (κ2) is 2.74. The van der Waals surface area contributed by atoms with Crippen LogP contribution in [0.15, 0.2) is 0 Å². The summed E-state index contributed by atoms with van der Waals surface area (Å²) in [6.07, 6.45) is 9.26. The fourth-order valence-corrected chi connectivity index (χ4v) is 4.61. The zero-order valence-corrected chi connectivity index (χ0v) is 8.91. The lowest BCUT2D eigenvalue weighted by Gasteiger charge is -2.59. The summed E-state index contributed by atoms with van der Waals surface area (Å²) in [5.74, 6) is 2.80. The SMILES string of the molecule is CN(C=O)C12CC3CC(CC(C3)C1)C2. The average molecular weight is 193 g/mol. The highest BCUT2D eigenvalue weighted by molar-refractivity contribution is 5.48. The van der Waals surface area contributed by atoms with Gasteiger partial charge in [0.05, 0.1) is 0 Å². The van der Waals surface area contributed by atoms with Crippen molar-refractivity contribution < 1.29 is 4.79 Å². The summed E-state index contributed by atoms with van der Waals surface area (Å²) in [5.41, 5.74) is 0.274. The molecule has 0 heterocycles. The molecule has 0 spiro atoms. The second-order valence-corrected chi connectivity index (χ2v) is 5.86. The summed E-state index contributed by atoms with van der Waals surface area (Å²) in [6, 6.07) is 0. The van der Waals surface area contributed by atoms with Crippen LogP contribution in [-0.4, -0.2) is 23.9 Å². The van der Waals surface area contributed by atoms with E-state index in [-0.39, 0.29) is 5.54 Å². The number of rotatable bonds is 2. The number of carbonyl (C=O) groups is 1. The van der Waals surface area contributed by atoms with Gasteiger partial charge in [0.1, 0.15) is 0 Å². The third-order valence-corrected chi connectivity index (χ3v) is 4.91. The van der Waals surface area contributed by atoms with Crippen molar-refractivity contribution in [3.05, 3.63) is 0 Å². The number of hydrogen-bond donors (Lipinski definition) is 0. The molecule has 4 saturated carbocycles. The van der Waals surface area contributed by atoms with E-state index in [2.05, 4.69) is 0 Å². The van der Waals surface area contributed by atoms with E-state index in [1.54, 1.807) is 0 Å². The molecule has 4 aliphatic carbocycles. The first kappa shape index (κ1) is 8.75. The maximum Gasteiger partial charge on any atom is 0.209 e. The van der Waals surface area contributed by atoms with E-state index in [1.165, 1.54) is 38.5 Å². The van der Waals surface area contributed by atoms with Gasteiger partial charge in [-0.15, -0.1) is 0 Å². The molecule has 2 heteroatoms. The minimum absolute atomic E-state index is 0.274. The lowest BCUT2D eigenvalue weighted by molar-refractivity contribution is -0.134. The van der Waals surface area contributed by atoms with E-state index < -0.39 is 0 Å². The summed E-state index contributed by atoms with van der Waals surface area (Å²) >= 11 is 0. The molecule has 0 radical (unpaired) electrons. The molecule has 0 saturated heterocycles. The minimum atomic E-state index is 0.274. The maximum atomic E-state index is 10.9. The van der Waals surface area contributed by atoms with Gasteiger partial charge in [0.15, 0.2) is 0 Å². The fraction of sp³-hybridized carbons (Fsp3) is 0.917. The molecule has 0 aromatic heterocycles. The molecule has 4 aliphatic rings. The van der Waals surface area contributed by atoms with Crippen LogP contribution in [0.1, 0.15) is 38.5 Å². The molecule has 4 fully saturated rings. The topological polar surface area (TPSA) is 20.3 Å². The Kier molecular flexibility index (Phi) is 1.71. The molecule has 1 amide bonds. The molecule has 0 atom stereocenters. The Balaban J connectivity index is 1.90. The first-order valence-electron chi connectivity index (χ1n) is 5.90. The van der Waals surface area contributed by atoms with Crippen LogP contribution >= 0.6 is 0 Å². The van der Waals surface area contributed by atoms with Gasteiger partial charge in [-0.25, -0.2) is 0 Å². The van der Waals surface area contributed by atoms with Gasteiger partial charge >= 0.3 is 0 Å². The van der Waals surface area contributed by atoms with Crippen molar-refractivity contribution in [2.75, 3.05) is 7.05 Å². The smallest absolute Gasteiger partial charge is 0.209 e. The van der Waals surface area contributed by atoms with E-state index in [4.69, 9.17) is 0 Å². The van der Waals surface area contributed by atoms with Gasteiger partial charge in [-0.1, -0.05) is 0 Å². The van der Waals surface area contributed by atoms with Crippen molar-refractivity contribution in [1.82, 2.24) is 4.90 Å². The molecule has 14 heavy (non-hydrogen) atoms. The molecule has 0 aliphatic heterocycles. The van der Waals surface area contributed by atoms with E-state index in [0.29, 0.717) is 0 Å². The van der Waals surface area contributed by atoms with Crippen LogP contribution in [0.4, 0.5) is 0 Å². The van der Waals surface area contributed by atoms with Crippen LogP contribution in [-0.2, 0) is 4.79 Å². The molecule has 4 rings (SSSR count). The van der Waals surface area contributed by atoms with Gasteiger partial charge in [-0.3, -0.25) is 4.79 Å². The largest absolute Gasteiger partial charge is 0.343 e. The summed E-state index contributed by atoms with van der Waals surface area (Å²) < 4.78 is 0. The minimum Gasteiger partial charge on any atom is -0.343 e. The van der Waals surface area contributed by atoms with Crippen molar-refractivity contribution >= 4 is 6.41 Å². The highest BCUT2D eigenvalue weighted by Crippen LogP contribution is 2.57. The van der Waals surface area contributed by atoms with E-state index >= 15 is 0 Å². The standard InChI is InChI=1S/C12H19NO/c1-13(8-14)12-5-9-2-10(6-12)4-11(3-9)7-12/h8-11H,2-7H2,1H3. The van der Waals surface area contributed by atoms with Crippen molar-refractivity contribution in [1.29, 1.82) is 0 Å². The van der Waals surface area contributed by atoms with Crippen LogP contribution in [0.3, 0.4) is 0 Å². The lowest BCUT2D eigenvalue weighted by Crippen LogP contribution is -2.58. The van der Waals surface area contributed by atoms with E-state index in [9.17, 15) is 4.79 Å². The summed E-state index contributed by atoms with van der Waals surface area (Å²) in [6.45, 7) is 0. The highest BCUT2D eigenvalue weighted by atomic mass is 16.1. The Morgan fingerprint density at radius 3 is 1.86 bits per heavy atom. The molecule has 0 N–H and O–H groups in total. The summed E-state index contributed by atoms with van der Waals surface area (Å²) in [4.78, 5) is 12.9. The third kappa shape index (κ3) is 1.06. The van der Waals surface area contributed by atoms with Gasteiger partial charge in [0.2, 0.25) is 6.41 Å². The first-order valence-corrected chi connectivity index (χ1v) is 5.90.